The van der Waals surface area contributed by atoms with Crippen LogP contribution in [0, 0.1) is 0 Å². The van der Waals surface area contributed by atoms with E-state index in [1.54, 1.807) is 27.1 Å². The Kier molecular flexibility index (Phi) is 6.09. The van der Waals surface area contributed by atoms with E-state index in [2.05, 4.69) is 29.0 Å². The molecule has 2 rings (SSSR count). The van der Waals surface area contributed by atoms with Crippen LogP contribution >= 0.6 is 0 Å². The van der Waals surface area contributed by atoms with Gasteiger partial charge in [-0.2, -0.15) is 4.40 Å². The van der Waals surface area contributed by atoms with E-state index in [0.29, 0.717) is 12.3 Å². The molecule has 0 amide bonds. The molecule has 2 aromatic rings. The van der Waals surface area contributed by atoms with E-state index in [-0.39, 0.29) is 0 Å². The van der Waals surface area contributed by atoms with Crippen LogP contribution in [0.5, 0.6) is 0 Å². The summed E-state index contributed by atoms with van der Waals surface area (Å²) in [6.07, 6.45) is 3.13. The third-order valence-electron chi connectivity index (χ3n) is 3.99. The molecule has 0 aliphatic heterocycles. The largest absolute Gasteiger partial charge is 0.361 e. The van der Waals surface area contributed by atoms with Gasteiger partial charge in [-0.15, -0.1) is 0 Å². The van der Waals surface area contributed by atoms with Gasteiger partial charge in [0.05, 0.1) is 22.1 Å². The van der Waals surface area contributed by atoms with E-state index in [9.17, 15) is 8.42 Å². The van der Waals surface area contributed by atoms with E-state index in [4.69, 9.17) is 4.74 Å². The van der Waals surface area contributed by atoms with Gasteiger partial charge >= 0.3 is 0 Å². The van der Waals surface area contributed by atoms with E-state index >= 15 is 0 Å². The van der Waals surface area contributed by atoms with Crippen LogP contribution in [0.2, 0.25) is 25.7 Å². The second-order valence-corrected chi connectivity index (χ2v) is 16.6. The summed E-state index contributed by atoms with van der Waals surface area (Å²) >= 11 is 0. The van der Waals surface area contributed by atoms with Crippen LogP contribution in [0.1, 0.15) is 26.3 Å². The maximum Gasteiger partial charge on any atom is 0.258 e. The molecule has 0 saturated carbocycles. The van der Waals surface area contributed by atoms with Crippen molar-refractivity contribution < 1.29 is 13.2 Å². The quantitative estimate of drug-likeness (QED) is 0.405. The highest BCUT2D eigenvalue weighted by atomic mass is 32.2. The Morgan fingerprint density at radius 3 is 2.58 bits per heavy atom. The fraction of sp³-hybridized carbons (Fsp3) is 0.556. The number of benzene rings is 1. The zero-order valence-electron chi connectivity index (χ0n) is 16.5. The van der Waals surface area contributed by atoms with Crippen LogP contribution < -0.4 is 0 Å². The molecule has 0 atom stereocenters. The smallest absolute Gasteiger partial charge is 0.258 e. The first-order chi connectivity index (χ1) is 11.9. The van der Waals surface area contributed by atoms with Crippen LogP contribution in [0.3, 0.4) is 0 Å². The highest BCUT2D eigenvalue weighted by molar-refractivity contribution is 7.91. The molecular formula is C18H29N3O3SSi. The van der Waals surface area contributed by atoms with Gasteiger partial charge in [0.1, 0.15) is 6.73 Å². The van der Waals surface area contributed by atoms with Gasteiger partial charge in [0.25, 0.3) is 10.0 Å². The first kappa shape index (κ1) is 20.8. The lowest BCUT2D eigenvalue weighted by molar-refractivity contribution is 0.0898. The van der Waals surface area contributed by atoms with E-state index in [1.165, 1.54) is 6.21 Å². The maximum atomic E-state index is 12.1. The fourth-order valence-electron chi connectivity index (χ4n) is 2.09. The standard InChI is InChI=1S/C18H29N3O3SSi/c1-18(2,3)25(22,23)20-12-15-7-8-16-17(11-15)21(13-19-16)14-24-9-10-26(4,5)6/h7-8,11-13H,9-10,14H2,1-6H3/b20-12+. The first-order valence-electron chi connectivity index (χ1n) is 8.72. The van der Waals surface area contributed by atoms with Crippen molar-refractivity contribution in [2.45, 2.75) is 57.9 Å². The van der Waals surface area contributed by atoms with Gasteiger partial charge < -0.3 is 9.30 Å². The van der Waals surface area contributed by atoms with E-state index in [0.717, 1.165) is 23.7 Å². The Balaban J connectivity index is 2.15. The molecule has 0 N–H and O–H groups in total. The lowest BCUT2D eigenvalue weighted by Gasteiger charge is -2.15. The fourth-order valence-corrected chi connectivity index (χ4v) is 3.42. The molecule has 0 aliphatic carbocycles. The van der Waals surface area contributed by atoms with Crippen molar-refractivity contribution in [2.24, 2.45) is 4.40 Å². The molecule has 6 nitrogen and oxygen atoms in total. The second kappa shape index (κ2) is 7.62. The number of sulfonamides is 1. The SMILES string of the molecule is CC(C)(C)S(=O)(=O)/N=C/c1ccc2ncn(COCC[Si](C)(C)C)c2c1. The van der Waals surface area contributed by atoms with Gasteiger partial charge in [0.2, 0.25) is 0 Å². The number of fused-ring (bicyclic) bond motifs is 1. The molecule has 1 heterocycles. The predicted octanol–water partition coefficient (Wildman–Crippen LogP) is 3.90. The van der Waals surface area contributed by atoms with Crippen LogP contribution in [-0.4, -0.2) is 43.6 Å². The van der Waals surface area contributed by atoms with Gasteiger partial charge in [-0.05, 0) is 44.5 Å². The summed E-state index contributed by atoms with van der Waals surface area (Å²) < 4.78 is 34.9. The summed E-state index contributed by atoms with van der Waals surface area (Å²) in [5.41, 5.74) is 2.46. The summed E-state index contributed by atoms with van der Waals surface area (Å²) in [6.45, 7) is 13.0. The summed E-state index contributed by atoms with van der Waals surface area (Å²) in [6, 6.07) is 6.67. The molecule has 0 bridgehead atoms. The minimum absolute atomic E-state index is 0.432. The summed E-state index contributed by atoms with van der Waals surface area (Å²) in [5, 5.41) is 0. The molecule has 0 aliphatic rings. The van der Waals surface area contributed by atoms with Crippen LogP contribution in [0.15, 0.2) is 28.9 Å². The monoisotopic (exact) mass is 395 g/mol. The second-order valence-electron chi connectivity index (χ2n) is 8.63. The molecule has 0 radical (unpaired) electrons. The van der Waals surface area contributed by atoms with E-state index < -0.39 is 22.8 Å². The van der Waals surface area contributed by atoms with Crippen LogP contribution in [0.4, 0.5) is 0 Å². The Labute approximate surface area is 157 Å². The minimum atomic E-state index is -3.55. The number of aromatic nitrogens is 2. The average Bonchev–Trinajstić information content (AvgIpc) is 2.90. The normalized spacial score (nSPS) is 13.8. The number of rotatable bonds is 7. The first-order valence-corrected chi connectivity index (χ1v) is 13.9. The third-order valence-corrected chi connectivity index (χ3v) is 7.62. The molecule has 144 valence electrons. The molecule has 1 aromatic carbocycles. The van der Waals surface area contributed by atoms with Crippen molar-refractivity contribution in [3.63, 3.8) is 0 Å². The zero-order valence-corrected chi connectivity index (χ0v) is 18.3. The molecular weight excluding hydrogens is 366 g/mol. The summed E-state index contributed by atoms with van der Waals surface area (Å²) in [7, 11) is -4.66. The number of hydrogen-bond acceptors (Lipinski definition) is 4. The highest BCUT2D eigenvalue weighted by Gasteiger charge is 2.27. The van der Waals surface area contributed by atoms with Crippen molar-refractivity contribution in [2.75, 3.05) is 6.61 Å². The van der Waals surface area contributed by atoms with Gasteiger partial charge in [0, 0.05) is 20.9 Å². The molecule has 8 heteroatoms. The topological polar surface area (TPSA) is 73.5 Å². The van der Waals surface area contributed by atoms with Crippen molar-refractivity contribution in [3.8, 4) is 0 Å². The Hall–Kier alpha value is -1.51. The highest BCUT2D eigenvalue weighted by Crippen LogP contribution is 2.18. The summed E-state index contributed by atoms with van der Waals surface area (Å²) in [4.78, 5) is 4.36. The van der Waals surface area contributed by atoms with Crippen LogP contribution in [-0.2, 0) is 21.5 Å². The van der Waals surface area contributed by atoms with E-state index in [1.807, 2.05) is 22.8 Å². The number of imidazole rings is 1. The third kappa shape index (κ3) is 5.49. The lowest BCUT2D eigenvalue weighted by atomic mass is 10.2. The molecule has 0 fully saturated rings. The Bertz CT molecular complexity index is 891. The number of ether oxygens (including phenoxy) is 1. The van der Waals surface area contributed by atoms with Crippen molar-refractivity contribution in [3.05, 3.63) is 30.1 Å². The molecule has 1 aromatic heterocycles. The van der Waals surface area contributed by atoms with Crippen molar-refractivity contribution >= 4 is 35.3 Å². The number of hydrogen-bond donors (Lipinski definition) is 0. The number of nitrogens with zero attached hydrogens (tertiary/aromatic N) is 3. The Morgan fingerprint density at radius 1 is 1.27 bits per heavy atom. The predicted molar refractivity (Wildman–Crippen MR) is 110 cm³/mol. The summed E-state index contributed by atoms with van der Waals surface area (Å²) in [5.74, 6) is 0. The van der Waals surface area contributed by atoms with Crippen molar-refractivity contribution in [1.29, 1.82) is 0 Å². The lowest BCUT2D eigenvalue weighted by Crippen LogP contribution is -2.25. The Morgan fingerprint density at radius 2 is 1.96 bits per heavy atom. The molecule has 26 heavy (non-hydrogen) atoms. The van der Waals surface area contributed by atoms with Crippen molar-refractivity contribution in [1.82, 2.24) is 9.55 Å². The van der Waals surface area contributed by atoms with Gasteiger partial charge in [-0.1, -0.05) is 25.7 Å². The van der Waals surface area contributed by atoms with Gasteiger partial charge in [-0.3, -0.25) is 0 Å². The maximum absolute atomic E-state index is 12.1. The minimum Gasteiger partial charge on any atom is -0.361 e. The van der Waals surface area contributed by atoms with Gasteiger partial charge in [0.15, 0.2) is 0 Å². The average molecular weight is 396 g/mol. The molecule has 0 spiro atoms. The zero-order chi connectivity index (χ0) is 19.6. The molecule has 0 unspecified atom stereocenters. The van der Waals surface area contributed by atoms with Crippen LogP contribution in [0.25, 0.3) is 11.0 Å². The molecule has 0 saturated heterocycles. The van der Waals surface area contributed by atoms with Gasteiger partial charge in [-0.25, -0.2) is 13.4 Å².